The minimum Gasteiger partial charge on any atom is -0.344 e. The summed E-state index contributed by atoms with van der Waals surface area (Å²) in [6.07, 6.45) is 0.925. The topological polar surface area (TPSA) is 84.2 Å². The fourth-order valence-electron chi connectivity index (χ4n) is 1.52. The van der Waals surface area contributed by atoms with Crippen LogP contribution in [0.1, 0.15) is 27.2 Å². The summed E-state index contributed by atoms with van der Waals surface area (Å²) in [6.45, 7) is 6.31. The number of amides is 2. The van der Waals surface area contributed by atoms with Gasteiger partial charge in [0.1, 0.15) is 0 Å². The fourth-order valence-corrected chi connectivity index (χ4v) is 1.52. The number of hydrogen-bond donors (Lipinski definition) is 3. The highest BCUT2D eigenvalue weighted by atomic mass is 16.2. The second kappa shape index (κ2) is 3.57. The molecule has 2 amide bonds. The molecule has 1 rings (SSSR count). The van der Waals surface area contributed by atoms with Crippen molar-refractivity contribution in [1.82, 2.24) is 10.7 Å². The van der Waals surface area contributed by atoms with Crippen LogP contribution in [-0.2, 0) is 9.59 Å². The van der Waals surface area contributed by atoms with E-state index in [1.807, 2.05) is 0 Å². The van der Waals surface area contributed by atoms with E-state index in [1.54, 1.807) is 5.43 Å². The van der Waals surface area contributed by atoms with Gasteiger partial charge in [-0.3, -0.25) is 15.0 Å². The molecule has 1 saturated carbocycles. The Kier molecular flexibility index (Phi) is 2.80. The van der Waals surface area contributed by atoms with Crippen LogP contribution in [0.5, 0.6) is 0 Å². The van der Waals surface area contributed by atoms with Gasteiger partial charge in [-0.2, -0.15) is 0 Å². The first-order valence-electron chi connectivity index (χ1n) is 4.73. The van der Waals surface area contributed by atoms with Crippen LogP contribution in [0.15, 0.2) is 0 Å². The highest BCUT2D eigenvalue weighted by molar-refractivity contribution is 6.35. The predicted molar refractivity (Wildman–Crippen MR) is 51.8 cm³/mol. The minimum atomic E-state index is -0.789. The van der Waals surface area contributed by atoms with E-state index in [4.69, 9.17) is 5.84 Å². The Morgan fingerprint density at radius 1 is 1.43 bits per heavy atom. The zero-order valence-electron chi connectivity index (χ0n) is 8.76. The van der Waals surface area contributed by atoms with Crippen molar-refractivity contribution >= 4 is 11.8 Å². The van der Waals surface area contributed by atoms with Crippen LogP contribution in [0.4, 0.5) is 0 Å². The van der Waals surface area contributed by atoms with Crippen molar-refractivity contribution in [3.63, 3.8) is 0 Å². The first-order chi connectivity index (χ1) is 6.41. The molecule has 0 aliphatic heterocycles. The number of carbonyl (C=O) groups is 2. The molecule has 1 aliphatic rings. The third-order valence-corrected chi connectivity index (χ3v) is 3.24. The van der Waals surface area contributed by atoms with E-state index >= 15 is 0 Å². The zero-order valence-corrected chi connectivity index (χ0v) is 8.76. The molecule has 0 aromatic heterocycles. The van der Waals surface area contributed by atoms with E-state index in [9.17, 15) is 9.59 Å². The Bertz CT molecular complexity index is 265. The SMILES string of the molecule is CC(C)C1(C)CC1NC(=O)C(=O)NN. The number of carbonyl (C=O) groups excluding carboxylic acids is 2. The summed E-state index contributed by atoms with van der Waals surface area (Å²) >= 11 is 0. The van der Waals surface area contributed by atoms with Crippen molar-refractivity contribution in [3.8, 4) is 0 Å². The average molecular weight is 199 g/mol. The molecule has 5 heteroatoms. The molecule has 4 N–H and O–H groups in total. The van der Waals surface area contributed by atoms with Crippen LogP contribution < -0.4 is 16.6 Å². The van der Waals surface area contributed by atoms with E-state index in [0.717, 1.165) is 6.42 Å². The van der Waals surface area contributed by atoms with Gasteiger partial charge < -0.3 is 5.32 Å². The Labute approximate surface area is 83.4 Å². The molecule has 0 aromatic carbocycles. The van der Waals surface area contributed by atoms with Crippen molar-refractivity contribution in [2.24, 2.45) is 17.2 Å². The summed E-state index contributed by atoms with van der Waals surface area (Å²) in [5.74, 6) is 3.89. The van der Waals surface area contributed by atoms with Gasteiger partial charge in [-0.1, -0.05) is 20.8 Å². The van der Waals surface area contributed by atoms with Crippen LogP contribution in [0.2, 0.25) is 0 Å². The van der Waals surface area contributed by atoms with Gasteiger partial charge in [0.25, 0.3) is 0 Å². The van der Waals surface area contributed by atoms with Gasteiger partial charge in [-0.25, -0.2) is 5.84 Å². The Hall–Kier alpha value is -1.10. The van der Waals surface area contributed by atoms with Gasteiger partial charge in [0.15, 0.2) is 0 Å². The number of rotatable bonds is 2. The van der Waals surface area contributed by atoms with Gasteiger partial charge in [0, 0.05) is 6.04 Å². The minimum absolute atomic E-state index is 0.104. The molecule has 14 heavy (non-hydrogen) atoms. The van der Waals surface area contributed by atoms with Crippen molar-refractivity contribution in [3.05, 3.63) is 0 Å². The zero-order chi connectivity index (χ0) is 10.9. The third kappa shape index (κ3) is 1.87. The molecule has 2 atom stereocenters. The highest BCUT2D eigenvalue weighted by Gasteiger charge is 2.53. The smallest absolute Gasteiger partial charge is 0.323 e. The van der Waals surface area contributed by atoms with E-state index in [2.05, 4.69) is 26.1 Å². The standard InChI is InChI=1S/C9H17N3O2/c1-5(2)9(3)4-6(9)11-7(13)8(14)12-10/h5-6H,4,10H2,1-3H3,(H,11,13)(H,12,14). The number of hydrogen-bond acceptors (Lipinski definition) is 3. The molecule has 5 nitrogen and oxygen atoms in total. The molecule has 1 fully saturated rings. The van der Waals surface area contributed by atoms with Gasteiger partial charge in [0.2, 0.25) is 0 Å². The molecule has 0 saturated heterocycles. The van der Waals surface area contributed by atoms with E-state index < -0.39 is 11.8 Å². The number of hydrazine groups is 1. The average Bonchev–Trinajstić information content (AvgIpc) is 2.77. The van der Waals surface area contributed by atoms with E-state index in [0.29, 0.717) is 5.92 Å². The molecule has 0 aromatic rings. The van der Waals surface area contributed by atoms with Crippen LogP contribution in [0.3, 0.4) is 0 Å². The summed E-state index contributed by atoms with van der Waals surface area (Å²) in [4.78, 5) is 21.9. The lowest BCUT2D eigenvalue weighted by Gasteiger charge is -2.15. The predicted octanol–water partition coefficient (Wildman–Crippen LogP) is -0.473. The van der Waals surface area contributed by atoms with E-state index in [-0.39, 0.29) is 11.5 Å². The van der Waals surface area contributed by atoms with Gasteiger partial charge in [0.05, 0.1) is 0 Å². The molecular formula is C9H17N3O2. The summed E-state index contributed by atoms with van der Waals surface area (Å²) in [6, 6.07) is 0.104. The van der Waals surface area contributed by atoms with Crippen molar-refractivity contribution < 1.29 is 9.59 Å². The monoisotopic (exact) mass is 199 g/mol. The Balaban J connectivity index is 2.43. The first kappa shape index (κ1) is 11.0. The maximum absolute atomic E-state index is 11.1. The molecule has 0 radical (unpaired) electrons. The lowest BCUT2D eigenvalue weighted by atomic mass is 9.94. The number of nitrogens with two attached hydrogens (primary N) is 1. The summed E-state index contributed by atoms with van der Waals surface area (Å²) in [5.41, 5.74) is 1.93. The van der Waals surface area contributed by atoms with Crippen molar-refractivity contribution in [2.45, 2.75) is 33.2 Å². The van der Waals surface area contributed by atoms with Crippen molar-refractivity contribution in [1.29, 1.82) is 0 Å². The molecule has 0 bridgehead atoms. The summed E-state index contributed by atoms with van der Waals surface area (Å²) in [7, 11) is 0. The van der Waals surface area contributed by atoms with E-state index in [1.165, 1.54) is 0 Å². The van der Waals surface area contributed by atoms with Crippen LogP contribution in [0.25, 0.3) is 0 Å². The van der Waals surface area contributed by atoms with Gasteiger partial charge >= 0.3 is 11.8 Å². The van der Waals surface area contributed by atoms with Gasteiger partial charge in [-0.15, -0.1) is 0 Å². The molecule has 2 unspecified atom stereocenters. The summed E-state index contributed by atoms with van der Waals surface area (Å²) < 4.78 is 0. The second-order valence-electron chi connectivity index (χ2n) is 4.36. The van der Waals surface area contributed by atoms with Crippen LogP contribution >= 0.6 is 0 Å². The lowest BCUT2D eigenvalue weighted by Crippen LogP contribution is -2.44. The molecule has 1 aliphatic carbocycles. The van der Waals surface area contributed by atoms with Gasteiger partial charge in [-0.05, 0) is 17.8 Å². The van der Waals surface area contributed by atoms with Crippen LogP contribution in [0, 0.1) is 11.3 Å². The maximum atomic E-state index is 11.1. The summed E-state index contributed by atoms with van der Waals surface area (Å²) in [5, 5.41) is 2.65. The molecule has 0 heterocycles. The molecule has 80 valence electrons. The Morgan fingerprint density at radius 2 is 2.00 bits per heavy atom. The lowest BCUT2D eigenvalue weighted by molar-refractivity contribution is -0.139. The first-order valence-corrected chi connectivity index (χ1v) is 4.73. The highest BCUT2D eigenvalue weighted by Crippen LogP contribution is 2.51. The fraction of sp³-hybridized carbons (Fsp3) is 0.778. The van der Waals surface area contributed by atoms with Crippen LogP contribution in [-0.4, -0.2) is 17.9 Å². The largest absolute Gasteiger partial charge is 0.344 e. The van der Waals surface area contributed by atoms with Crippen molar-refractivity contribution in [2.75, 3.05) is 0 Å². The quantitative estimate of drug-likeness (QED) is 0.243. The second-order valence-corrected chi connectivity index (χ2v) is 4.36. The number of nitrogens with one attached hydrogen (secondary N) is 2. The normalized spacial score (nSPS) is 29.9. The third-order valence-electron chi connectivity index (χ3n) is 3.24. The maximum Gasteiger partial charge on any atom is 0.323 e. The molecule has 0 spiro atoms. The molecular weight excluding hydrogens is 182 g/mol. The Morgan fingerprint density at radius 3 is 2.36 bits per heavy atom.